The first kappa shape index (κ1) is 9.71. The standard InChI is InChI=1S/C11H13N3O/c1-14-7-6-13-11(15)10(14)8-2-4-9(12)5-3-8/h2-5,12H,6-7H2,1H3,(H,13,15)/p+1. The topological polar surface area (TPSA) is 58.1 Å². The minimum atomic E-state index is -0.0199. The number of rotatable bonds is 1. The number of nitrogens with zero attached hydrogens (tertiary/aromatic N) is 1. The van der Waals surface area contributed by atoms with Gasteiger partial charge in [0.1, 0.15) is 7.05 Å². The van der Waals surface area contributed by atoms with Crippen molar-refractivity contribution in [2.45, 2.75) is 0 Å². The summed E-state index contributed by atoms with van der Waals surface area (Å²) in [6.07, 6.45) is 0. The molecule has 0 aromatic heterocycles. The van der Waals surface area contributed by atoms with Gasteiger partial charge in [-0.15, -0.1) is 0 Å². The summed E-state index contributed by atoms with van der Waals surface area (Å²) in [6.45, 7) is 1.54. The maximum Gasteiger partial charge on any atom is 0.316 e. The predicted molar refractivity (Wildman–Crippen MR) is 59.0 cm³/mol. The molecule has 0 radical (unpaired) electrons. The summed E-state index contributed by atoms with van der Waals surface area (Å²) in [5.74, 6) is -0.0199. The van der Waals surface area contributed by atoms with Gasteiger partial charge in [-0.25, -0.2) is 4.58 Å². The molecule has 4 nitrogen and oxygen atoms in total. The number of nitrogens with two attached hydrogens (primary N) is 1. The second kappa shape index (κ2) is 3.73. The molecule has 0 fully saturated rings. The Morgan fingerprint density at radius 2 is 2.00 bits per heavy atom. The van der Waals surface area contributed by atoms with Gasteiger partial charge in [0, 0.05) is 5.69 Å². The molecule has 1 aliphatic heterocycles. The quantitative estimate of drug-likeness (QED) is 0.493. The maximum atomic E-state index is 11.7. The van der Waals surface area contributed by atoms with Gasteiger partial charge in [0.15, 0.2) is 6.54 Å². The number of carbonyl (C=O) groups excluding carboxylic acids is 1. The van der Waals surface area contributed by atoms with Crippen LogP contribution in [0.4, 0.5) is 5.69 Å². The largest absolute Gasteiger partial charge is 0.399 e. The highest BCUT2D eigenvalue weighted by molar-refractivity contribution is 6.43. The number of amides is 1. The summed E-state index contributed by atoms with van der Waals surface area (Å²) in [6, 6.07) is 7.34. The van der Waals surface area contributed by atoms with Crippen LogP contribution in [0.1, 0.15) is 5.56 Å². The van der Waals surface area contributed by atoms with E-state index in [4.69, 9.17) is 5.73 Å². The minimum absolute atomic E-state index is 0.0199. The van der Waals surface area contributed by atoms with Crippen molar-refractivity contribution in [1.29, 1.82) is 0 Å². The van der Waals surface area contributed by atoms with Crippen LogP contribution < -0.4 is 11.1 Å². The molecule has 78 valence electrons. The number of carbonyl (C=O) groups is 1. The summed E-state index contributed by atoms with van der Waals surface area (Å²) in [4.78, 5) is 11.7. The molecule has 4 heteroatoms. The maximum absolute atomic E-state index is 11.7. The normalized spacial score (nSPS) is 16.5. The molecule has 1 heterocycles. The van der Waals surface area contributed by atoms with E-state index >= 15 is 0 Å². The number of nitrogens with one attached hydrogen (secondary N) is 1. The fourth-order valence-electron chi connectivity index (χ4n) is 1.70. The lowest BCUT2D eigenvalue weighted by Gasteiger charge is -2.12. The first-order valence-corrected chi connectivity index (χ1v) is 4.90. The summed E-state index contributed by atoms with van der Waals surface area (Å²) in [5.41, 5.74) is 7.92. The first-order chi connectivity index (χ1) is 7.18. The highest BCUT2D eigenvalue weighted by Crippen LogP contribution is 2.07. The van der Waals surface area contributed by atoms with Crippen LogP contribution in [-0.4, -0.2) is 36.3 Å². The van der Waals surface area contributed by atoms with Crippen molar-refractivity contribution < 1.29 is 9.37 Å². The van der Waals surface area contributed by atoms with Crippen LogP contribution in [0.25, 0.3) is 0 Å². The molecule has 0 saturated carbocycles. The monoisotopic (exact) mass is 204 g/mol. The van der Waals surface area contributed by atoms with Crippen molar-refractivity contribution in [3.05, 3.63) is 29.8 Å². The molecule has 3 N–H and O–H groups in total. The van der Waals surface area contributed by atoms with E-state index in [-0.39, 0.29) is 5.91 Å². The Labute approximate surface area is 88.4 Å². The number of likely N-dealkylation sites (N-methyl/N-ethyl adjacent to an activating group) is 1. The Morgan fingerprint density at radius 3 is 2.60 bits per heavy atom. The molecule has 1 aliphatic rings. The number of anilines is 1. The predicted octanol–water partition coefficient (Wildman–Crippen LogP) is -0.170. The van der Waals surface area contributed by atoms with E-state index in [1.165, 1.54) is 0 Å². The molecule has 1 aromatic rings. The Morgan fingerprint density at radius 1 is 1.33 bits per heavy atom. The molecule has 1 amide bonds. The third-order valence-electron chi connectivity index (χ3n) is 2.51. The van der Waals surface area contributed by atoms with E-state index in [0.29, 0.717) is 17.9 Å². The lowest BCUT2D eigenvalue weighted by molar-refractivity contribution is -0.496. The first-order valence-electron chi connectivity index (χ1n) is 4.90. The molecule has 2 rings (SSSR count). The van der Waals surface area contributed by atoms with Crippen molar-refractivity contribution in [3.8, 4) is 0 Å². The highest BCUT2D eigenvalue weighted by Gasteiger charge is 2.26. The molecule has 1 aromatic carbocycles. The lowest BCUT2D eigenvalue weighted by Crippen LogP contribution is -2.45. The molecule has 0 spiro atoms. The van der Waals surface area contributed by atoms with E-state index in [1.807, 2.05) is 23.8 Å². The summed E-state index contributed by atoms with van der Waals surface area (Å²) >= 11 is 0. The second-order valence-corrected chi connectivity index (χ2v) is 3.65. The Hall–Kier alpha value is -1.84. The fourth-order valence-corrected chi connectivity index (χ4v) is 1.70. The Balaban J connectivity index is 2.44. The fraction of sp³-hybridized carbons (Fsp3) is 0.273. The Bertz CT molecular complexity index is 420. The van der Waals surface area contributed by atoms with Crippen LogP contribution in [0.5, 0.6) is 0 Å². The van der Waals surface area contributed by atoms with Gasteiger partial charge in [0.25, 0.3) is 5.71 Å². The third kappa shape index (κ3) is 1.83. The van der Waals surface area contributed by atoms with Gasteiger partial charge >= 0.3 is 5.91 Å². The average molecular weight is 204 g/mol. The van der Waals surface area contributed by atoms with Crippen LogP contribution in [0.2, 0.25) is 0 Å². The SMILES string of the molecule is C[N+]1=C(c2ccc(N)cc2)C(=O)NCC1. The zero-order valence-electron chi connectivity index (χ0n) is 8.66. The smallest absolute Gasteiger partial charge is 0.316 e. The van der Waals surface area contributed by atoms with Gasteiger partial charge < -0.3 is 11.1 Å². The van der Waals surface area contributed by atoms with Crippen LogP contribution in [0.15, 0.2) is 24.3 Å². The molecular weight excluding hydrogens is 190 g/mol. The van der Waals surface area contributed by atoms with Crippen LogP contribution in [-0.2, 0) is 4.79 Å². The zero-order chi connectivity index (χ0) is 10.8. The van der Waals surface area contributed by atoms with Crippen molar-refractivity contribution in [2.75, 3.05) is 25.9 Å². The summed E-state index contributed by atoms with van der Waals surface area (Å²) in [5, 5.41) is 2.83. The van der Waals surface area contributed by atoms with E-state index in [2.05, 4.69) is 5.32 Å². The Kier molecular flexibility index (Phi) is 2.41. The van der Waals surface area contributed by atoms with E-state index in [0.717, 1.165) is 12.1 Å². The molecule has 15 heavy (non-hydrogen) atoms. The molecular formula is C11H14N3O+. The van der Waals surface area contributed by atoms with Crippen molar-refractivity contribution in [3.63, 3.8) is 0 Å². The van der Waals surface area contributed by atoms with Gasteiger partial charge in [0.2, 0.25) is 0 Å². The molecule has 0 bridgehead atoms. The van der Waals surface area contributed by atoms with Crippen LogP contribution >= 0.6 is 0 Å². The molecule has 0 atom stereocenters. The third-order valence-corrected chi connectivity index (χ3v) is 2.51. The second-order valence-electron chi connectivity index (χ2n) is 3.65. The average Bonchev–Trinajstić information content (AvgIpc) is 2.20. The van der Waals surface area contributed by atoms with Gasteiger partial charge in [-0.05, 0) is 24.3 Å². The van der Waals surface area contributed by atoms with Crippen molar-refractivity contribution in [2.24, 2.45) is 0 Å². The zero-order valence-corrected chi connectivity index (χ0v) is 8.66. The highest BCUT2D eigenvalue weighted by atomic mass is 16.2. The van der Waals surface area contributed by atoms with E-state index in [9.17, 15) is 4.79 Å². The van der Waals surface area contributed by atoms with Crippen molar-refractivity contribution in [1.82, 2.24) is 5.32 Å². The number of hydrogen-bond donors (Lipinski definition) is 2. The summed E-state index contributed by atoms with van der Waals surface area (Å²) < 4.78 is 1.96. The van der Waals surface area contributed by atoms with Gasteiger partial charge in [-0.3, -0.25) is 4.79 Å². The lowest BCUT2D eigenvalue weighted by atomic mass is 10.1. The molecule has 0 aliphatic carbocycles. The molecule has 0 unspecified atom stereocenters. The van der Waals surface area contributed by atoms with Crippen LogP contribution in [0, 0.1) is 0 Å². The van der Waals surface area contributed by atoms with Crippen LogP contribution in [0.3, 0.4) is 0 Å². The van der Waals surface area contributed by atoms with E-state index in [1.54, 1.807) is 12.1 Å². The molecule has 0 saturated heterocycles. The number of benzene rings is 1. The van der Waals surface area contributed by atoms with Gasteiger partial charge in [-0.1, -0.05) is 0 Å². The minimum Gasteiger partial charge on any atom is -0.399 e. The number of hydrogen-bond acceptors (Lipinski definition) is 2. The number of nitrogen functional groups attached to an aromatic ring is 1. The summed E-state index contributed by atoms with van der Waals surface area (Å²) in [7, 11) is 1.92. The van der Waals surface area contributed by atoms with Crippen molar-refractivity contribution >= 4 is 17.3 Å². The van der Waals surface area contributed by atoms with E-state index < -0.39 is 0 Å². The van der Waals surface area contributed by atoms with Gasteiger partial charge in [-0.2, -0.15) is 0 Å². The van der Waals surface area contributed by atoms with Gasteiger partial charge in [0.05, 0.1) is 12.1 Å².